The van der Waals surface area contributed by atoms with Crippen molar-refractivity contribution in [1.29, 1.82) is 0 Å². The van der Waals surface area contributed by atoms with Crippen LogP contribution in [0.3, 0.4) is 0 Å². The van der Waals surface area contributed by atoms with E-state index in [1.165, 1.54) is 7.11 Å². The zero-order chi connectivity index (χ0) is 19.1. The van der Waals surface area contributed by atoms with Gasteiger partial charge in [0.15, 0.2) is 6.29 Å². The molecule has 0 N–H and O–H groups in total. The van der Waals surface area contributed by atoms with Crippen LogP contribution >= 0.6 is 0 Å². The van der Waals surface area contributed by atoms with E-state index in [2.05, 4.69) is 13.8 Å². The second-order valence-corrected chi connectivity index (χ2v) is 6.60. The lowest BCUT2D eigenvalue weighted by molar-refractivity contribution is -0.249. The van der Waals surface area contributed by atoms with E-state index in [1.54, 1.807) is 7.11 Å². The van der Waals surface area contributed by atoms with Crippen molar-refractivity contribution >= 4 is 5.97 Å². The van der Waals surface area contributed by atoms with Gasteiger partial charge in [-0.05, 0) is 25.0 Å². The Bertz CT molecular complexity index is 607. The minimum absolute atomic E-state index is 0.0212. The predicted octanol–water partition coefficient (Wildman–Crippen LogP) is 4.28. The number of carbonyl (C=O) groups is 1. The molecule has 1 unspecified atom stereocenters. The molecule has 0 bridgehead atoms. The van der Waals surface area contributed by atoms with Crippen molar-refractivity contribution in [2.45, 2.75) is 46.0 Å². The van der Waals surface area contributed by atoms with Crippen LogP contribution in [0.4, 0.5) is 0 Å². The van der Waals surface area contributed by atoms with E-state index in [0.29, 0.717) is 18.6 Å². The molecular weight excluding hydrogens is 332 g/mol. The zero-order valence-electron chi connectivity index (χ0n) is 16.4. The SMILES string of the molecule is CC/C(=C\[C@@H](C)[C@H]1OC(c2ccc(OC)cc2)OC[C@H]1CC)C(=O)OC. The fraction of sp³-hybridized carbons (Fsp3) is 0.571. The topological polar surface area (TPSA) is 54.0 Å². The molecule has 0 radical (unpaired) electrons. The smallest absolute Gasteiger partial charge is 0.333 e. The largest absolute Gasteiger partial charge is 0.497 e. The lowest BCUT2D eigenvalue weighted by atomic mass is 9.88. The van der Waals surface area contributed by atoms with E-state index in [9.17, 15) is 4.79 Å². The van der Waals surface area contributed by atoms with E-state index in [0.717, 1.165) is 17.7 Å². The molecule has 26 heavy (non-hydrogen) atoms. The Balaban J connectivity index is 2.17. The Morgan fingerprint density at radius 1 is 1.27 bits per heavy atom. The van der Waals surface area contributed by atoms with Gasteiger partial charge < -0.3 is 18.9 Å². The quantitative estimate of drug-likeness (QED) is 0.535. The van der Waals surface area contributed by atoms with Crippen LogP contribution in [-0.4, -0.2) is 32.9 Å². The fourth-order valence-corrected chi connectivity index (χ4v) is 3.31. The fourth-order valence-electron chi connectivity index (χ4n) is 3.31. The number of ether oxygens (including phenoxy) is 4. The van der Waals surface area contributed by atoms with Crippen molar-refractivity contribution in [3.8, 4) is 5.75 Å². The Morgan fingerprint density at radius 3 is 2.50 bits per heavy atom. The number of methoxy groups -OCH3 is 2. The second-order valence-electron chi connectivity index (χ2n) is 6.60. The summed E-state index contributed by atoms with van der Waals surface area (Å²) in [7, 11) is 3.06. The van der Waals surface area contributed by atoms with Gasteiger partial charge in [0.25, 0.3) is 0 Å². The van der Waals surface area contributed by atoms with E-state index in [-0.39, 0.29) is 23.9 Å². The van der Waals surface area contributed by atoms with Gasteiger partial charge in [0.2, 0.25) is 0 Å². The maximum absolute atomic E-state index is 11.9. The Morgan fingerprint density at radius 2 is 1.96 bits per heavy atom. The Labute approximate surface area is 156 Å². The summed E-state index contributed by atoms with van der Waals surface area (Å²) >= 11 is 0. The van der Waals surface area contributed by atoms with Crippen molar-refractivity contribution < 1.29 is 23.7 Å². The number of hydrogen-bond acceptors (Lipinski definition) is 5. The van der Waals surface area contributed by atoms with E-state index >= 15 is 0 Å². The van der Waals surface area contributed by atoms with Crippen molar-refractivity contribution in [2.24, 2.45) is 11.8 Å². The number of rotatable bonds is 7. The van der Waals surface area contributed by atoms with Crippen LogP contribution in [0.15, 0.2) is 35.9 Å². The molecular formula is C21H30O5. The van der Waals surface area contributed by atoms with Gasteiger partial charge in [-0.3, -0.25) is 0 Å². The highest BCUT2D eigenvalue weighted by Crippen LogP contribution is 2.35. The van der Waals surface area contributed by atoms with Crippen LogP contribution in [0.25, 0.3) is 0 Å². The molecule has 0 aliphatic carbocycles. The normalized spacial score (nSPS) is 24.8. The number of esters is 1. The summed E-state index contributed by atoms with van der Waals surface area (Å²) in [4.78, 5) is 11.9. The van der Waals surface area contributed by atoms with Crippen molar-refractivity contribution in [3.63, 3.8) is 0 Å². The van der Waals surface area contributed by atoms with E-state index in [4.69, 9.17) is 18.9 Å². The van der Waals surface area contributed by atoms with Crippen molar-refractivity contribution in [3.05, 3.63) is 41.5 Å². The first-order valence-electron chi connectivity index (χ1n) is 9.23. The Kier molecular flexibility index (Phi) is 7.66. The maximum Gasteiger partial charge on any atom is 0.333 e. The first-order chi connectivity index (χ1) is 12.5. The molecule has 2 rings (SSSR count). The summed E-state index contributed by atoms with van der Waals surface area (Å²) < 4.78 is 22.3. The standard InChI is InChI=1S/C21H30O5/c1-6-15(20(22)24-5)12-14(3)19-16(7-2)13-25-21(26-19)17-8-10-18(23-4)11-9-17/h8-12,14,16,19,21H,6-7,13H2,1-5H3/b15-12+/t14-,16-,19-,21?/m1/s1. The maximum atomic E-state index is 11.9. The highest BCUT2D eigenvalue weighted by atomic mass is 16.7. The van der Waals surface area contributed by atoms with Gasteiger partial charge in [0.05, 0.1) is 26.9 Å². The molecule has 0 spiro atoms. The van der Waals surface area contributed by atoms with Gasteiger partial charge in [-0.15, -0.1) is 0 Å². The lowest BCUT2D eigenvalue weighted by Crippen LogP contribution is -2.39. The molecule has 1 aliphatic rings. The van der Waals surface area contributed by atoms with Gasteiger partial charge in [-0.2, -0.15) is 0 Å². The minimum Gasteiger partial charge on any atom is -0.497 e. The van der Waals surface area contributed by atoms with Crippen LogP contribution < -0.4 is 4.74 Å². The molecule has 0 aromatic heterocycles. The van der Waals surface area contributed by atoms with Gasteiger partial charge in [0.1, 0.15) is 5.75 Å². The molecule has 5 nitrogen and oxygen atoms in total. The molecule has 5 heteroatoms. The Hall–Kier alpha value is -1.85. The molecule has 1 saturated heterocycles. The number of carbonyl (C=O) groups excluding carboxylic acids is 1. The first kappa shape index (κ1) is 20.5. The molecule has 144 valence electrons. The molecule has 0 amide bonds. The van der Waals surface area contributed by atoms with Crippen LogP contribution in [0.2, 0.25) is 0 Å². The van der Waals surface area contributed by atoms with Crippen molar-refractivity contribution in [2.75, 3.05) is 20.8 Å². The van der Waals surface area contributed by atoms with Crippen LogP contribution in [-0.2, 0) is 19.0 Å². The van der Waals surface area contributed by atoms with Gasteiger partial charge in [-0.25, -0.2) is 4.79 Å². The van der Waals surface area contributed by atoms with Gasteiger partial charge >= 0.3 is 5.97 Å². The highest BCUT2D eigenvalue weighted by Gasteiger charge is 2.35. The van der Waals surface area contributed by atoms with Gasteiger partial charge in [-0.1, -0.05) is 39.0 Å². The predicted molar refractivity (Wildman–Crippen MR) is 99.9 cm³/mol. The number of benzene rings is 1. The third kappa shape index (κ3) is 4.86. The summed E-state index contributed by atoms with van der Waals surface area (Å²) in [5, 5.41) is 0. The second kappa shape index (κ2) is 9.74. The lowest BCUT2D eigenvalue weighted by Gasteiger charge is -2.39. The summed E-state index contributed by atoms with van der Waals surface area (Å²) in [6.45, 7) is 6.81. The third-order valence-electron chi connectivity index (χ3n) is 4.93. The van der Waals surface area contributed by atoms with E-state index < -0.39 is 6.29 Å². The van der Waals surface area contributed by atoms with E-state index in [1.807, 2.05) is 37.3 Å². The molecule has 1 aromatic rings. The molecule has 1 aromatic carbocycles. The average Bonchev–Trinajstić information content (AvgIpc) is 2.70. The van der Waals surface area contributed by atoms with Gasteiger partial charge in [0, 0.05) is 23.0 Å². The molecule has 1 heterocycles. The molecule has 1 aliphatic heterocycles. The monoisotopic (exact) mass is 362 g/mol. The summed E-state index contributed by atoms with van der Waals surface area (Å²) in [6, 6.07) is 7.72. The third-order valence-corrected chi connectivity index (χ3v) is 4.93. The summed E-state index contributed by atoms with van der Waals surface area (Å²) in [5.74, 6) is 0.894. The summed E-state index contributed by atoms with van der Waals surface area (Å²) in [5.41, 5.74) is 1.65. The van der Waals surface area contributed by atoms with Crippen LogP contribution in [0, 0.1) is 11.8 Å². The van der Waals surface area contributed by atoms with Crippen LogP contribution in [0.1, 0.15) is 45.5 Å². The highest BCUT2D eigenvalue weighted by molar-refractivity contribution is 5.88. The van der Waals surface area contributed by atoms with Crippen molar-refractivity contribution in [1.82, 2.24) is 0 Å². The molecule has 0 saturated carbocycles. The summed E-state index contributed by atoms with van der Waals surface area (Å²) in [6.07, 6.45) is 3.15. The molecule has 1 fully saturated rings. The molecule has 4 atom stereocenters. The zero-order valence-corrected chi connectivity index (χ0v) is 16.4. The number of hydrogen-bond donors (Lipinski definition) is 0. The first-order valence-corrected chi connectivity index (χ1v) is 9.23. The minimum atomic E-state index is -0.409. The van der Waals surface area contributed by atoms with Crippen LogP contribution in [0.5, 0.6) is 5.75 Å². The average molecular weight is 362 g/mol.